The van der Waals surface area contributed by atoms with Gasteiger partial charge in [0.25, 0.3) is 0 Å². The van der Waals surface area contributed by atoms with Gasteiger partial charge in [-0.25, -0.2) is 0 Å². The number of nitrogens with zero attached hydrogens (tertiary/aromatic N) is 1. The SMILES string of the molecule is COC1=CC(N)CCC1N1CCCCC1. The molecule has 0 bridgehead atoms. The largest absolute Gasteiger partial charge is 0.500 e. The fourth-order valence-electron chi connectivity index (χ4n) is 2.69. The van der Waals surface area contributed by atoms with E-state index in [0.29, 0.717) is 6.04 Å². The normalized spacial score (nSPS) is 33.6. The first-order valence-electron chi connectivity index (χ1n) is 6.06. The van der Waals surface area contributed by atoms with Crippen molar-refractivity contribution in [1.29, 1.82) is 0 Å². The molecule has 1 heterocycles. The molecular weight excluding hydrogens is 188 g/mol. The zero-order valence-corrected chi connectivity index (χ0v) is 9.61. The van der Waals surface area contributed by atoms with Gasteiger partial charge in [-0.2, -0.15) is 0 Å². The molecule has 0 aromatic carbocycles. The molecule has 2 aliphatic rings. The van der Waals surface area contributed by atoms with Crippen LogP contribution in [0.3, 0.4) is 0 Å². The molecule has 0 radical (unpaired) electrons. The van der Waals surface area contributed by atoms with E-state index in [-0.39, 0.29) is 6.04 Å². The van der Waals surface area contributed by atoms with Crippen LogP contribution in [0.1, 0.15) is 32.1 Å². The highest BCUT2D eigenvalue weighted by Crippen LogP contribution is 2.26. The summed E-state index contributed by atoms with van der Waals surface area (Å²) < 4.78 is 5.47. The summed E-state index contributed by atoms with van der Waals surface area (Å²) in [5.74, 6) is 1.09. The van der Waals surface area contributed by atoms with Crippen LogP contribution in [0.25, 0.3) is 0 Å². The van der Waals surface area contributed by atoms with Gasteiger partial charge >= 0.3 is 0 Å². The molecule has 0 aromatic rings. The Kier molecular flexibility index (Phi) is 3.65. The fourth-order valence-corrected chi connectivity index (χ4v) is 2.69. The highest BCUT2D eigenvalue weighted by atomic mass is 16.5. The Morgan fingerprint density at radius 3 is 2.67 bits per heavy atom. The van der Waals surface area contributed by atoms with Crippen molar-refractivity contribution in [2.75, 3.05) is 20.2 Å². The molecule has 2 rings (SSSR count). The van der Waals surface area contributed by atoms with Crippen molar-refractivity contribution in [2.45, 2.75) is 44.2 Å². The molecule has 15 heavy (non-hydrogen) atoms. The monoisotopic (exact) mass is 210 g/mol. The molecule has 3 nitrogen and oxygen atoms in total. The summed E-state index contributed by atoms with van der Waals surface area (Å²) in [6, 6.07) is 0.691. The van der Waals surface area contributed by atoms with E-state index in [0.717, 1.165) is 18.6 Å². The average Bonchev–Trinajstić information content (AvgIpc) is 2.30. The maximum atomic E-state index is 5.92. The van der Waals surface area contributed by atoms with Gasteiger partial charge in [-0.05, 0) is 44.8 Å². The van der Waals surface area contributed by atoms with E-state index in [9.17, 15) is 0 Å². The lowest BCUT2D eigenvalue weighted by Crippen LogP contribution is -2.43. The Bertz CT molecular complexity index is 234. The van der Waals surface area contributed by atoms with Crippen LogP contribution in [0.5, 0.6) is 0 Å². The average molecular weight is 210 g/mol. The molecule has 1 saturated heterocycles. The zero-order valence-electron chi connectivity index (χ0n) is 9.61. The van der Waals surface area contributed by atoms with Gasteiger partial charge in [-0.15, -0.1) is 0 Å². The summed E-state index contributed by atoms with van der Waals surface area (Å²) in [6.45, 7) is 2.45. The van der Waals surface area contributed by atoms with E-state index in [1.807, 2.05) is 0 Å². The second-order valence-electron chi connectivity index (χ2n) is 4.63. The van der Waals surface area contributed by atoms with Crippen molar-refractivity contribution in [1.82, 2.24) is 4.90 Å². The van der Waals surface area contributed by atoms with Crippen LogP contribution in [0.2, 0.25) is 0 Å². The maximum Gasteiger partial charge on any atom is 0.110 e. The summed E-state index contributed by atoms with van der Waals surface area (Å²) in [4.78, 5) is 2.56. The first-order valence-corrected chi connectivity index (χ1v) is 6.06. The molecule has 1 aliphatic heterocycles. The van der Waals surface area contributed by atoms with Crippen LogP contribution < -0.4 is 5.73 Å². The Morgan fingerprint density at radius 1 is 1.27 bits per heavy atom. The third-order valence-electron chi connectivity index (χ3n) is 3.55. The molecule has 86 valence electrons. The van der Waals surface area contributed by atoms with Crippen molar-refractivity contribution < 1.29 is 4.74 Å². The van der Waals surface area contributed by atoms with Crippen LogP contribution in [0, 0.1) is 0 Å². The van der Waals surface area contributed by atoms with Gasteiger partial charge in [0.1, 0.15) is 5.76 Å². The number of methoxy groups -OCH3 is 1. The lowest BCUT2D eigenvalue weighted by molar-refractivity contribution is 0.114. The Hall–Kier alpha value is -0.540. The van der Waals surface area contributed by atoms with Crippen molar-refractivity contribution >= 4 is 0 Å². The standard InChI is InChI=1S/C12H22N2O/c1-15-12-9-10(13)5-6-11(12)14-7-3-2-4-8-14/h9-11H,2-8,13H2,1H3. The lowest BCUT2D eigenvalue weighted by Gasteiger charge is -2.37. The minimum absolute atomic E-state index is 0.195. The number of hydrogen-bond donors (Lipinski definition) is 1. The lowest BCUT2D eigenvalue weighted by atomic mass is 9.94. The minimum Gasteiger partial charge on any atom is -0.500 e. The predicted octanol–water partition coefficient (Wildman–Crippen LogP) is 1.49. The fraction of sp³-hybridized carbons (Fsp3) is 0.833. The molecular formula is C12H22N2O. The molecule has 2 N–H and O–H groups in total. The van der Waals surface area contributed by atoms with Crippen LogP contribution in [0.4, 0.5) is 0 Å². The van der Waals surface area contributed by atoms with E-state index in [4.69, 9.17) is 10.5 Å². The number of piperidine rings is 1. The summed E-state index contributed by atoms with van der Waals surface area (Å²) in [5, 5.41) is 0. The maximum absolute atomic E-state index is 5.92. The molecule has 1 fully saturated rings. The zero-order chi connectivity index (χ0) is 10.7. The number of ether oxygens (including phenoxy) is 1. The van der Waals surface area contributed by atoms with Gasteiger partial charge in [0.2, 0.25) is 0 Å². The molecule has 0 amide bonds. The van der Waals surface area contributed by atoms with Gasteiger partial charge in [0.05, 0.1) is 13.2 Å². The topological polar surface area (TPSA) is 38.5 Å². The molecule has 2 unspecified atom stereocenters. The van der Waals surface area contributed by atoms with Gasteiger partial charge in [0.15, 0.2) is 0 Å². The van der Waals surface area contributed by atoms with E-state index in [1.165, 1.54) is 32.4 Å². The smallest absolute Gasteiger partial charge is 0.110 e. The number of rotatable bonds is 2. The second kappa shape index (κ2) is 4.99. The van der Waals surface area contributed by atoms with Crippen LogP contribution in [-0.2, 0) is 4.74 Å². The van der Waals surface area contributed by atoms with Gasteiger partial charge in [0, 0.05) is 6.04 Å². The highest BCUT2D eigenvalue weighted by Gasteiger charge is 2.28. The first-order chi connectivity index (χ1) is 7.31. The van der Waals surface area contributed by atoms with Crippen molar-refractivity contribution in [3.8, 4) is 0 Å². The quantitative estimate of drug-likeness (QED) is 0.750. The molecule has 0 spiro atoms. The molecule has 0 aromatic heterocycles. The predicted molar refractivity (Wildman–Crippen MR) is 61.5 cm³/mol. The van der Waals surface area contributed by atoms with Crippen molar-refractivity contribution in [3.05, 3.63) is 11.8 Å². The van der Waals surface area contributed by atoms with Crippen molar-refractivity contribution in [3.63, 3.8) is 0 Å². The molecule has 0 saturated carbocycles. The summed E-state index contributed by atoms with van der Waals surface area (Å²) >= 11 is 0. The van der Waals surface area contributed by atoms with E-state index >= 15 is 0 Å². The Balaban J connectivity index is 2.03. The minimum atomic E-state index is 0.195. The second-order valence-corrected chi connectivity index (χ2v) is 4.63. The first kappa shape index (κ1) is 11.0. The Labute approximate surface area is 92.3 Å². The highest BCUT2D eigenvalue weighted by molar-refractivity contribution is 5.12. The Morgan fingerprint density at radius 2 is 2.00 bits per heavy atom. The van der Waals surface area contributed by atoms with E-state index in [2.05, 4.69) is 11.0 Å². The van der Waals surface area contributed by atoms with Crippen LogP contribution in [-0.4, -0.2) is 37.2 Å². The van der Waals surface area contributed by atoms with Gasteiger partial charge in [-0.1, -0.05) is 6.42 Å². The summed E-state index contributed by atoms with van der Waals surface area (Å²) in [5.41, 5.74) is 5.92. The van der Waals surface area contributed by atoms with Crippen LogP contribution in [0.15, 0.2) is 11.8 Å². The number of hydrogen-bond acceptors (Lipinski definition) is 3. The van der Waals surface area contributed by atoms with E-state index < -0.39 is 0 Å². The molecule has 3 heteroatoms. The third kappa shape index (κ3) is 2.52. The third-order valence-corrected chi connectivity index (χ3v) is 3.55. The summed E-state index contributed by atoms with van der Waals surface area (Å²) in [7, 11) is 1.76. The van der Waals surface area contributed by atoms with E-state index in [1.54, 1.807) is 7.11 Å². The number of likely N-dealkylation sites (tertiary alicyclic amines) is 1. The van der Waals surface area contributed by atoms with Crippen molar-refractivity contribution in [2.24, 2.45) is 5.73 Å². The number of nitrogens with two attached hydrogens (primary N) is 1. The van der Waals surface area contributed by atoms with Crippen LogP contribution >= 0.6 is 0 Å². The van der Waals surface area contributed by atoms with Gasteiger partial charge < -0.3 is 10.5 Å². The molecule has 1 aliphatic carbocycles. The summed E-state index contributed by atoms with van der Waals surface area (Å²) in [6.07, 6.45) is 8.39. The van der Waals surface area contributed by atoms with Gasteiger partial charge in [-0.3, -0.25) is 4.90 Å². The molecule has 2 atom stereocenters.